The van der Waals surface area contributed by atoms with E-state index in [1.54, 1.807) is 0 Å². The van der Waals surface area contributed by atoms with Gasteiger partial charge >= 0.3 is 12.2 Å². The summed E-state index contributed by atoms with van der Waals surface area (Å²) < 4.78 is 44.4. The van der Waals surface area contributed by atoms with Crippen LogP contribution in [0.4, 0.5) is 18.0 Å². The molecule has 1 saturated heterocycles. The lowest BCUT2D eigenvalue weighted by Gasteiger charge is -2.25. The number of halogens is 3. The van der Waals surface area contributed by atoms with Crippen LogP contribution in [-0.2, 0) is 21.2 Å². The van der Waals surface area contributed by atoms with Gasteiger partial charge in [0.2, 0.25) is 0 Å². The van der Waals surface area contributed by atoms with Gasteiger partial charge in [-0.2, -0.15) is 13.2 Å². The van der Waals surface area contributed by atoms with E-state index in [1.165, 1.54) is 32.2 Å². The Balaban J connectivity index is 2.37. The van der Waals surface area contributed by atoms with E-state index in [2.05, 4.69) is 5.32 Å². The first-order valence-corrected chi connectivity index (χ1v) is 7.01. The smallest absolute Gasteiger partial charge is 0.385 e. The Bertz CT molecular complexity index is 618. The summed E-state index contributed by atoms with van der Waals surface area (Å²) in [6, 6.07) is 4.05. The second kappa shape index (κ2) is 6.19. The number of rotatable bonds is 5. The van der Waals surface area contributed by atoms with Gasteiger partial charge < -0.3 is 10.1 Å². The average Bonchev–Trinajstić information content (AvgIpc) is 2.71. The van der Waals surface area contributed by atoms with Crippen LogP contribution in [0.3, 0.4) is 0 Å². The van der Waals surface area contributed by atoms with Crippen molar-refractivity contribution in [2.75, 3.05) is 20.3 Å². The fourth-order valence-electron chi connectivity index (χ4n) is 2.62. The molecule has 0 unspecified atom stereocenters. The zero-order chi connectivity index (χ0) is 17.3. The molecule has 0 radical (unpaired) electrons. The number of ether oxygens (including phenoxy) is 1. The number of hydrogen-bond acceptors (Lipinski definition) is 3. The third kappa shape index (κ3) is 3.17. The molecule has 5 nitrogen and oxygen atoms in total. The maximum Gasteiger partial charge on any atom is 0.416 e. The molecular weight excluding hydrogens is 313 g/mol. The quantitative estimate of drug-likeness (QED) is 0.667. The van der Waals surface area contributed by atoms with Gasteiger partial charge in [0.1, 0.15) is 5.54 Å². The second-order valence-electron chi connectivity index (χ2n) is 5.40. The summed E-state index contributed by atoms with van der Waals surface area (Å²) in [4.78, 5) is 25.5. The number of carbonyl (C=O) groups excluding carboxylic acids is 2. The molecule has 1 heterocycles. The van der Waals surface area contributed by atoms with Crippen LogP contribution >= 0.6 is 0 Å². The van der Waals surface area contributed by atoms with E-state index in [1.807, 2.05) is 0 Å². The second-order valence-corrected chi connectivity index (χ2v) is 5.40. The minimum atomic E-state index is -4.62. The highest BCUT2D eigenvalue weighted by atomic mass is 19.4. The summed E-state index contributed by atoms with van der Waals surface area (Å²) in [5, 5.41) is 2.38. The maximum atomic E-state index is 13.2. The fourth-order valence-corrected chi connectivity index (χ4v) is 2.62. The number of nitrogens with one attached hydrogen (secondary N) is 1. The first-order chi connectivity index (χ1) is 10.7. The van der Waals surface area contributed by atoms with E-state index in [0.717, 1.165) is 11.0 Å². The standard InChI is InChI=1S/C15H17F3N2O3/c1-14(10-6-3-4-7-11(10)15(16,17)18)12(21)20(13(22)19-14)8-5-9-23-2/h3-4,6-7H,5,8-9H2,1-2H3,(H,19,22)/t14-/m1/s1. The van der Waals surface area contributed by atoms with Gasteiger partial charge in [-0.25, -0.2) is 4.79 Å². The number of methoxy groups -OCH3 is 1. The minimum Gasteiger partial charge on any atom is -0.385 e. The highest BCUT2D eigenvalue weighted by Crippen LogP contribution is 2.39. The average molecular weight is 330 g/mol. The molecule has 1 N–H and O–H groups in total. The van der Waals surface area contributed by atoms with Gasteiger partial charge in [0.05, 0.1) is 5.56 Å². The van der Waals surface area contributed by atoms with Crippen molar-refractivity contribution in [1.29, 1.82) is 0 Å². The van der Waals surface area contributed by atoms with E-state index in [4.69, 9.17) is 4.74 Å². The number of imide groups is 1. The first kappa shape index (κ1) is 17.3. The maximum absolute atomic E-state index is 13.2. The van der Waals surface area contributed by atoms with Gasteiger partial charge in [-0.15, -0.1) is 0 Å². The van der Waals surface area contributed by atoms with Crippen molar-refractivity contribution < 1.29 is 27.5 Å². The van der Waals surface area contributed by atoms with Crippen LogP contribution in [0.25, 0.3) is 0 Å². The molecule has 1 fully saturated rings. The molecular formula is C15H17F3N2O3. The van der Waals surface area contributed by atoms with Crippen LogP contribution in [0, 0.1) is 0 Å². The monoisotopic (exact) mass is 330 g/mol. The molecule has 23 heavy (non-hydrogen) atoms. The predicted molar refractivity (Wildman–Crippen MR) is 75.5 cm³/mol. The van der Waals surface area contributed by atoms with Crippen molar-refractivity contribution in [3.05, 3.63) is 35.4 Å². The number of amides is 3. The molecule has 3 amide bonds. The molecule has 1 aliphatic rings. The van der Waals surface area contributed by atoms with Crippen molar-refractivity contribution in [2.45, 2.75) is 25.1 Å². The van der Waals surface area contributed by atoms with Crippen LogP contribution < -0.4 is 5.32 Å². The zero-order valence-corrected chi connectivity index (χ0v) is 12.7. The summed E-state index contributed by atoms with van der Waals surface area (Å²) in [5.41, 5.74) is -2.94. The summed E-state index contributed by atoms with van der Waals surface area (Å²) >= 11 is 0. The molecule has 8 heteroatoms. The summed E-state index contributed by atoms with van der Waals surface area (Å²) in [7, 11) is 1.48. The van der Waals surface area contributed by atoms with E-state index < -0.39 is 29.2 Å². The summed E-state index contributed by atoms with van der Waals surface area (Å²) in [6.45, 7) is 1.71. The Hall–Kier alpha value is -2.09. The third-order valence-corrected chi connectivity index (χ3v) is 3.78. The van der Waals surface area contributed by atoms with E-state index in [0.29, 0.717) is 13.0 Å². The number of urea groups is 1. The Morgan fingerprint density at radius 3 is 2.52 bits per heavy atom. The molecule has 1 aromatic rings. The number of benzene rings is 1. The van der Waals surface area contributed by atoms with Gasteiger partial charge in [-0.1, -0.05) is 18.2 Å². The molecule has 126 valence electrons. The predicted octanol–water partition coefficient (Wildman–Crippen LogP) is 2.51. The van der Waals surface area contributed by atoms with E-state index in [-0.39, 0.29) is 12.1 Å². The van der Waals surface area contributed by atoms with Crippen molar-refractivity contribution in [1.82, 2.24) is 10.2 Å². The Morgan fingerprint density at radius 2 is 1.91 bits per heavy atom. The third-order valence-electron chi connectivity index (χ3n) is 3.78. The Morgan fingerprint density at radius 1 is 1.26 bits per heavy atom. The number of alkyl halides is 3. The Labute approximate surface area is 131 Å². The van der Waals surface area contributed by atoms with Gasteiger partial charge in [-0.05, 0) is 25.0 Å². The van der Waals surface area contributed by atoms with Crippen molar-refractivity contribution in [3.63, 3.8) is 0 Å². The zero-order valence-electron chi connectivity index (χ0n) is 12.7. The van der Waals surface area contributed by atoms with Crippen molar-refractivity contribution in [3.8, 4) is 0 Å². The summed E-state index contributed by atoms with van der Waals surface area (Å²) in [6.07, 6.45) is -4.21. The van der Waals surface area contributed by atoms with Crippen molar-refractivity contribution in [2.24, 2.45) is 0 Å². The number of carbonyl (C=O) groups is 2. The van der Waals surface area contributed by atoms with Crippen LogP contribution in [0.15, 0.2) is 24.3 Å². The van der Waals surface area contributed by atoms with Crippen LogP contribution in [0.5, 0.6) is 0 Å². The normalized spacial score (nSPS) is 21.7. The summed E-state index contributed by atoms with van der Waals surface area (Å²) in [5.74, 6) is -0.699. The molecule has 0 bridgehead atoms. The molecule has 2 rings (SSSR count). The number of nitrogens with zero attached hydrogens (tertiary/aromatic N) is 1. The lowest BCUT2D eigenvalue weighted by Crippen LogP contribution is -2.42. The lowest BCUT2D eigenvalue weighted by atomic mass is 9.87. The van der Waals surface area contributed by atoms with Gasteiger partial charge in [0.15, 0.2) is 0 Å². The topological polar surface area (TPSA) is 58.6 Å². The molecule has 1 atom stereocenters. The molecule has 0 spiro atoms. The highest BCUT2D eigenvalue weighted by molar-refractivity contribution is 6.07. The van der Waals surface area contributed by atoms with Gasteiger partial charge in [-0.3, -0.25) is 9.69 Å². The molecule has 1 aromatic carbocycles. The van der Waals surface area contributed by atoms with Crippen LogP contribution in [0.2, 0.25) is 0 Å². The van der Waals surface area contributed by atoms with Gasteiger partial charge in [0.25, 0.3) is 5.91 Å². The molecule has 0 saturated carbocycles. The van der Waals surface area contributed by atoms with Crippen LogP contribution in [0.1, 0.15) is 24.5 Å². The van der Waals surface area contributed by atoms with Crippen LogP contribution in [-0.4, -0.2) is 37.1 Å². The highest BCUT2D eigenvalue weighted by Gasteiger charge is 2.51. The first-order valence-electron chi connectivity index (χ1n) is 7.01. The number of hydrogen-bond donors (Lipinski definition) is 1. The van der Waals surface area contributed by atoms with Crippen molar-refractivity contribution >= 4 is 11.9 Å². The largest absolute Gasteiger partial charge is 0.416 e. The molecule has 0 aliphatic carbocycles. The van der Waals surface area contributed by atoms with E-state index in [9.17, 15) is 22.8 Å². The lowest BCUT2D eigenvalue weighted by molar-refractivity contribution is -0.140. The van der Waals surface area contributed by atoms with E-state index >= 15 is 0 Å². The SMILES string of the molecule is COCCCN1C(=O)N[C@](C)(c2ccccc2C(F)(F)F)C1=O. The minimum absolute atomic E-state index is 0.0856. The Kier molecular flexibility index (Phi) is 4.65. The molecule has 1 aliphatic heterocycles. The van der Waals surface area contributed by atoms with Gasteiger partial charge in [0, 0.05) is 20.3 Å². The molecule has 0 aromatic heterocycles. The fraction of sp³-hybridized carbons (Fsp3) is 0.467.